The lowest BCUT2D eigenvalue weighted by molar-refractivity contribution is 0.0142. The number of carbonyl (C=O) groups excluding carboxylic acids is 1. The van der Waals surface area contributed by atoms with Gasteiger partial charge in [-0.05, 0) is 63.0 Å². The lowest BCUT2D eigenvalue weighted by Crippen LogP contribution is -2.51. The van der Waals surface area contributed by atoms with Gasteiger partial charge in [-0.2, -0.15) is 0 Å². The average Bonchev–Trinajstić information content (AvgIpc) is 2.75. The highest BCUT2D eigenvalue weighted by Gasteiger charge is 2.44. The number of para-hydroxylation sites is 1. The van der Waals surface area contributed by atoms with E-state index >= 15 is 0 Å². The van der Waals surface area contributed by atoms with E-state index < -0.39 is 5.60 Å². The second-order valence-corrected chi connectivity index (χ2v) is 8.89. The van der Waals surface area contributed by atoms with Gasteiger partial charge in [-0.1, -0.05) is 32.0 Å². The average molecular weight is 344 g/mol. The minimum absolute atomic E-state index is 0.162. The van der Waals surface area contributed by atoms with Crippen molar-refractivity contribution in [3.05, 3.63) is 29.8 Å². The predicted molar refractivity (Wildman–Crippen MR) is 102 cm³/mol. The van der Waals surface area contributed by atoms with E-state index in [2.05, 4.69) is 43.4 Å². The summed E-state index contributed by atoms with van der Waals surface area (Å²) in [7, 11) is 0. The summed E-state index contributed by atoms with van der Waals surface area (Å²) in [6.07, 6.45) is 2.21. The van der Waals surface area contributed by atoms with E-state index in [9.17, 15) is 4.79 Å². The van der Waals surface area contributed by atoms with Gasteiger partial charge in [0.1, 0.15) is 5.60 Å². The molecule has 2 bridgehead atoms. The van der Waals surface area contributed by atoms with E-state index in [1.165, 1.54) is 24.1 Å². The van der Waals surface area contributed by atoms with Gasteiger partial charge in [0.05, 0.1) is 0 Å². The molecule has 3 atom stereocenters. The molecule has 1 saturated heterocycles. The van der Waals surface area contributed by atoms with Gasteiger partial charge in [0, 0.05) is 24.8 Å². The quantitative estimate of drug-likeness (QED) is 0.851. The standard InChI is InChI=1S/C21H32N2O2/c1-14(2)17-8-6-7-9-18(17)22-19-15-10-11-16(19)13-23(12-15)20(24)25-21(3,4)5/h6-9,14-16,19,22H,10-13H2,1-5H3/t15-,16+,19-. The summed E-state index contributed by atoms with van der Waals surface area (Å²) in [5.41, 5.74) is 2.20. The molecular weight excluding hydrogens is 312 g/mol. The third-order valence-corrected chi connectivity index (χ3v) is 5.39. The second-order valence-electron chi connectivity index (χ2n) is 8.89. The number of fused-ring (bicyclic) bond motifs is 2. The van der Waals surface area contributed by atoms with Crippen LogP contribution in [0.2, 0.25) is 0 Å². The van der Waals surface area contributed by atoms with Crippen LogP contribution in [0.25, 0.3) is 0 Å². The number of anilines is 1. The fourth-order valence-electron chi connectivity index (χ4n) is 4.25. The monoisotopic (exact) mass is 344 g/mol. The molecule has 1 amide bonds. The molecule has 0 radical (unpaired) electrons. The highest BCUT2D eigenvalue weighted by Crippen LogP contribution is 2.40. The van der Waals surface area contributed by atoms with Crippen molar-refractivity contribution in [3.63, 3.8) is 0 Å². The van der Waals surface area contributed by atoms with Gasteiger partial charge in [-0.15, -0.1) is 0 Å². The predicted octanol–water partition coefficient (Wildman–Crippen LogP) is 4.87. The summed E-state index contributed by atoms with van der Waals surface area (Å²) < 4.78 is 5.57. The number of hydrogen-bond acceptors (Lipinski definition) is 3. The molecule has 3 rings (SSSR count). The van der Waals surface area contributed by atoms with Crippen molar-refractivity contribution in [3.8, 4) is 0 Å². The van der Waals surface area contributed by atoms with Gasteiger partial charge in [-0.3, -0.25) is 0 Å². The van der Waals surface area contributed by atoms with Crippen LogP contribution in [-0.2, 0) is 4.74 Å². The Labute approximate surface area is 151 Å². The number of ether oxygens (including phenoxy) is 1. The van der Waals surface area contributed by atoms with Crippen molar-refractivity contribution in [2.45, 2.75) is 65.0 Å². The number of piperidine rings is 1. The van der Waals surface area contributed by atoms with Crippen LogP contribution >= 0.6 is 0 Å². The van der Waals surface area contributed by atoms with Gasteiger partial charge in [0.25, 0.3) is 0 Å². The Kier molecular flexibility index (Phi) is 4.99. The van der Waals surface area contributed by atoms with Crippen LogP contribution in [0.3, 0.4) is 0 Å². The number of likely N-dealkylation sites (tertiary alicyclic amines) is 1. The Balaban J connectivity index is 1.69. The Bertz CT molecular complexity index is 607. The first kappa shape index (κ1) is 18.1. The maximum absolute atomic E-state index is 12.4. The molecule has 1 aromatic carbocycles. The van der Waals surface area contributed by atoms with Crippen LogP contribution in [0.4, 0.5) is 10.5 Å². The van der Waals surface area contributed by atoms with Gasteiger partial charge < -0.3 is 15.0 Å². The Hall–Kier alpha value is -1.71. The zero-order valence-corrected chi connectivity index (χ0v) is 16.2. The molecular formula is C21H32N2O2. The first-order valence-corrected chi connectivity index (χ1v) is 9.58. The SMILES string of the molecule is CC(C)c1ccccc1N[C@@H]1[C@@H]2CC[C@H]1CN(C(=O)OC(C)(C)C)C2. The minimum atomic E-state index is -0.429. The molecule has 138 valence electrons. The summed E-state index contributed by atoms with van der Waals surface area (Å²) in [5.74, 6) is 1.51. The first-order valence-electron chi connectivity index (χ1n) is 9.58. The van der Waals surface area contributed by atoms with Crippen molar-refractivity contribution in [1.29, 1.82) is 0 Å². The zero-order valence-electron chi connectivity index (χ0n) is 16.2. The fourth-order valence-corrected chi connectivity index (χ4v) is 4.25. The molecule has 1 N–H and O–H groups in total. The van der Waals surface area contributed by atoms with E-state index in [-0.39, 0.29) is 6.09 Å². The number of amides is 1. The maximum atomic E-state index is 12.4. The van der Waals surface area contributed by atoms with Crippen LogP contribution < -0.4 is 5.32 Å². The van der Waals surface area contributed by atoms with Crippen LogP contribution in [0.1, 0.15) is 58.9 Å². The molecule has 4 nitrogen and oxygen atoms in total. The molecule has 0 unspecified atom stereocenters. The van der Waals surface area contributed by atoms with Crippen LogP contribution in [0.15, 0.2) is 24.3 Å². The largest absolute Gasteiger partial charge is 0.444 e. The maximum Gasteiger partial charge on any atom is 0.410 e. The molecule has 1 aliphatic carbocycles. The molecule has 1 aromatic rings. The highest BCUT2D eigenvalue weighted by molar-refractivity contribution is 5.68. The van der Waals surface area contributed by atoms with E-state index in [0.29, 0.717) is 23.8 Å². The van der Waals surface area contributed by atoms with Crippen molar-refractivity contribution >= 4 is 11.8 Å². The first-order chi connectivity index (χ1) is 11.7. The summed E-state index contributed by atoms with van der Waals surface area (Å²) in [6, 6.07) is 9.07. The van der Waals surface area contributed by atoms with E-state index in [1.807, 2.05) is 25.7 Å². The minimum Gasteiger partial charge on any atom is -0.444 e. The molecule has 0 aromatic heterocycles. The van der Waals surface area contributed by atoms with Crippen molar-refractivity contribution < 1.29 is 9.53 Å². The highest BCUT2D eigenvalue weighted by atomic mass is 16.6. The van der Waals surface area contributed by atoms with Gasteiger partial charge in [0.2, 0.25) is 0 Å². The lowest BCUT2D eigenvalue weighted by Gasteiger charge is -2.39. The van der Waals surface area contributed by atoms with E-state index in [0.717, 1.165) is 13.1 Å². The van der Waals surface area contributed by atoms with E-state index in [1.54, 1.807) is 0 Å². The third kappa shape index (κ3) is 4.10. The normalized spacial score (nSPS) is 26.0. The number of hydrogen-bond donors (Lipinski definition) is 1. The number of nitrogens with zero attached hydrogens (tertiary/aromatic N) is 1. The molecule has 1 saturated carbocycles. The molecule has 1 aliphatic heterocycles. The number of nitrogens with one attached hydrogen (secondary N) is 1. The second kappa shape index (κ2) is 6.89. The lowest BCUT2D eigenvalue weighted by atomic mass is 9.91. The molecule has 4 heteroatoms. The molecule has 1 heterocycles. The Morgan fingerprint density at radius 1 is 1.16 bits per heavy atom. The molecule has 2 fully saturated rings. The topological polar surface area (TPSA) is 41.6 Å². The van der Waals surface area contributed by atoms with Crippen molar-refractivity contribution in [2.24, 2.45) is 11.8 Å². The summed E-state index contributed by atoms with van der Waals surface area (Å²) in [6.45, 7) is 11.9. The smallest absolute Gasteiger partial charge is 0.410 e. The van der Waals surface area contributed by atoms with Crippen molar-refractivity contribution in [2.75, 3.05) is 18.4 Å². The van der Waals surface area contributed by atoms with Crippen LogP contribution in [0, 0.1) is 11.8 Å². The van der Waals surface area contributed by atoms with Crippen molar-refractivity contribution in [1.82, 2.24) is 4.90 Å². The number of carbonyl (C=O) groups is 1. The molecule has 25 heavy (non-hydrogen) atoms. The van der Waals surface area contributed by atoms with Crippen LogP contribution in [-0.4, -0.2) is 35.7 Å². The Morgan fingerprint density at radius 2 is 1.76 bits per heavy atom. The fraction of sp³-hybridized carbons (Fsp3) is 0.667. The van der Waals surface area contributed by atoms with Gasteiger partial charge in [0.15, 0.2) is 0 Å². The summed E-state index contributed by atoms with van der Waals surface area (Å²) in [4.78, 5) is 14.3. The van der Waals surface area contributed by atoms with Gasteiger partial charge in [-0.25, -0.2) is 4.79 Å². The molecule has 0 spiro atoms. The number of rotatable bonds is 3. The van der Waals surface area contributed by atoms with Gasteiger partial charge >= 0.3 is 6.09 Å². The summed E-state index contributed by atoms with van der Waals surface area (Å²) >= 11 is 0. The number of benzene rings is 1. The third-order valence-electron chi connectivity index (χ3n) is 5.39. The van der Waals surface area contributed by atoms with Crippen LogP contribution in [0.5, 0.6) is 0 Å². The summed E-state index contributed by atoms with van der Waals surface area (Å²) in [5, 5.41) is 3.82. The van der Waals surface area contributed by atoms with E-state index in [4.69, 9.17) is 4.74 Å². The zero-order chi connectivity index (χ0) is 18.2. The Morgan fingerprint density at radius 3 is 2.32 bits per heavy atom. The molecule has 2 aliphatic rings.